The number of halogens is 2. The maximum Gasteiger partial charge on any atom is 0.0721 e. The average molecular weight is 312 g/mol. The van der Waals surface area contributed by atoms with Gasteiger partial charge in [-0.1, -0.05) is 0 Å². The molecule has 0 aliphatic rings. The lowest BCUT2D eigenvalue weighted by molar-refractivity contribution is 0.185. The van der Waals surface area contributed by atoms with E-state index in [0.717, 1.165) is 3.39 Å². The van der Waals surface area contributed by atoms with Crippen LogP contribution in [-0.2, 0) is 11.3 Å². The van der Waals surface area contributed by atoms with Crippen molar-refractivity contribution in [2.75, 3.05) is 7.11 Å². The quantitative estimate of drug-likeness (QED) is 0.820. The van der Waals surface area contributed by atoms with Gasteiger partial charge < -0.3 is 4.74 Å². The Morgan fingerprint density at radius 3 is 3.00 bits per heavy atom. The first kappa shape index (κ1) is 10.4. The molecule has 0 aliphatic carbocycles. The molecule has 1 nitrogen and oxygen atoms in total. The molecular weight excluding hydrogens is 304 g/mol. The smallest absolute Gasteiger partial charge is 0.0721 e. The molecule has 1 heterocycles. The second-order valence-corrected chi connectivity index (χ2v) is 5.94. The van der Waals surface area contributed by atoms with E-state index in [4.69, 9.17) is 4.74 Å². The summed E-state index contributed by atoms with van der Waals surface area (Å²) in [5.74, 6) is 0. The van der Waals surface area contributed by atoms with Gasteiger partial charge in [-0.3, -0.25) is 0 Å². The third-order valence-corrected chi connectivity index (χ3v) is 2.62. The third kappa shape index (κ3) is 3.39. The van der Waals surface area contributed by atoms with Crippen LogP contribution in [0, 0.1) is 0 Å². The second kappa shape index (κ2) is 5.17. The largest absolute Gasteiger partial charge is 0.380 e. The van der Waals surface area contributed by atoms with Crippen molar-refractivity contribution in [2.45, 2.75) is 6.61 Å². The van der Waals surface area contributed by atoms with Crippen molar-refractivity contribution in [3.63, 3.8) is 0 Å². The molecule has 0 saturated heterocycles. The van der Waals surface area contributed by atoms with Gasteiger partial charge in [0.1, 0.15) is 0 Å². The number of methoxy groups -OCH3 is 1. The van der Waals surface area contributed by atoms with E-state index in [1.165, 1.54) is 10.4 Å². The Kier molecular flexibility index (Phi) is 4.50. The van der Waals surface area contributed by atoms with E-state index in [2.05, 4.69) is 43.3 Å². The summed E-state index contributed by atoms with van der Waals surface area (Å²) in [6.45, 7) is 0.685. The van der Waals surface area contributed by atoms with Crippen LogP contribution in [0.15, 0.2) is 14.8 Å². The van der Waals surface area contributed by atoms with E-state index < -0.39 is 0 Å². The first-order valence-corrected chi connectivity index (χ1v) is 5.78. The lowest BCUT2D eigenvalue weighted by Crippen LogP contribution is -1.81. The van der Waals surface area contributed by atoms with Crippen LogP contribution in [0.3, 0.4) is 0 Å². The highest BCUT2D eigenvalue weighted by Crippen LogP contribution is 2.23. The summed E-state index contributed by atoms with van der Waals surface area (Å²) in [6.07, 6.45) is 2.02. The Morgan fingerprint density at radius 1 is 1.67 bits per heavy atom. The fourth-order valence-corrected chi connectivity index (χ4v) is 2.45. The number of ether oxygens (including phenoxy) is 1. The Hall–Kier alpha value is 0.360. The number of thiophene rings is 1. The summed E-state index contributed by atoms with van der Waals surface area (Å²) in [4.78, 5) is 1.21. The van der Waals surface area contributed by atoms with Gasteiger partial charge in [0.15, 0.2) is 0 Å². The van der Waals surface area contributed by atoms with Gasteiger partial charge in [0.25, 0.3) is 0 Å². The minimum absolute atomic E-state index is 0.685. The summed E-state index contributed by atoms with van der Waals surface area (Å²) in [5.41, 5.74) is 1.22. The fourth-order valence-electron chi connectivity index (χ4n) is 0.820. The highest BCUT2D eigenvalue weighted by atomic mass is 79.9. The van der Waals surface area contributed by atoms with Crippen LogP contribution in [0.5, 0.6) is 0 Å². The predicted octanol–water partition coefficient (Wildman–Crippen LogP) is 3.98. The van der Waals surface area contributed by atoms with Gasteiger partial charge >= 0.3 is 0 Å². The molecule has 0 bridgehead atoms. The molecule has 0 fully saturated rings. The van der Waals surface area contributed by atoms with Crippen LogP contribution in [0.4, 0.5) is 0 Å². The van der Waals surface area contributed by atoms with Crippen LogP contribution < -0.4 is 0 Å². The zero-order valence-corrected chi connectivity index (χ0v) is 10.5. The molecule has 66 valence electrons. The summed E-state index contributed by atoms with van der Waals surface area (Å²) >= 11 is 8.33. The van der Waals surface area contributed by atoms with Crippen molar-refractivity contribution in [2.24, 2.45) is 0 Å². The fraction of sp³-hybridized carbons (Fsp3) is 0.250. The summed E-state index contributed by atoms with van der Waals surface area (Å²) in [5, 5.41) is 2.10. The van der Waals surface area contributed by atoms with E-state index in [0.29, 0.717) is 6.61 Å². The number of hydrogen-bond acceptors (Lipinski definition) is 2. The van der Waals surface area contributed by atoms with Crippen LogP contribution >= 0.6 is 43.2 Å². The molecular formula is C8H8Br2OS. The van der Waals surface area contributed by atoms with Gasteiger partial charge in [-0.2, -0.15) is 0 Å². The molecule has 0 aromatic carbocycles. The molecule has 1 aromatic rings. The van der Waals surface area contributed by atoms with Crippen molar-refractivity contribution >= 4 is 49.3 Å². The standard InChI is InChI=1S/C8H8Br2OS/c1-11-4-6-2-7(12-5-6)3-8(9)10/h2-3,5H,4H2,1H3. The normalized spacial score (nSPS) is 9.92. The van der Waals surface area contributed by atoms with Gasteiger partial charge in [-0.15, -0.1) is 11.3 Å². The molecule has 0 spiro atoms. The molecule has 4 heteroatoms. The monoisotopic (exact) mass is 310 g/mol. The first-order chi connectivity index (χ1) is 5.72. The lowest BCUT2D eigenvalue weighted by atomic mass is 10.3. The van der Waals surface area contributed by atoms with Gasteiger partial charge in [-0.05, 0) is 54.9 Å². The van der Waals surface area contributed by atoms with Crippen LogP contribution in [0.25, 0.3) is 6.08 Å². The summed E-state index contributed by atoms with van der Waals surface area (Å²) in [6, 6.07) is 2.11. The molecule has 1 rings (SSSR count). The highest BCUT2D eigenvalue weighted by Gasteiger charge is 1.96. The van der Waals surface area contributed by atoms with E-state index in [1.54, 1.807) is 18.4 Å². The van der Waals surface area contributed by atoms with Gasteiger partial charge in [-0.25, -0.2) is 0 Å². The Balaban J connectivity index is 2.71. The molecule has 0 N–H and O–H groups in total. The van der Waals surface area contributed by atoms with E-state index in [9.17, 15) is 0 Å². The molecule has 12 heavy (non-hydrogen) atoms. The van der Waals surface area contributed by atoms with E-state index in [-0.39, 0.29) is 0 Å². The van der Waals surface area contributed by atoms with Crippen molar-refractivity contribution in [1.82, 2.24) is 0 Å². The molecule has 0 atom stereocenters. The minimum Gasteiger partial charge on any atom is -0.380 e. The van der Waals surface area contributed by atoms with Crippen molar-refractivity contribution in [1.29, 1.82) is 0 Å². The molecule has 0 amide bonds. The SMILES string of the molecule is COCc1csc(C=C(Br)Br)c1. The third-order valence-electron chi connectivity index (χ3n) is 1.24. The predicted molar refractivity (Wildman–Crippen MR) is 60.9 cm³/mol. The van der Waals surface area contributed by atoms with E-state index >= 15 is 0 Å². The highest BCUT2D eigenvalue weighted by molar-refractivity contribution is 9.28. The van der Waals surface area contributed by atoms with Gasteiger partial charge in [0, 0.05) is 12.0 Å². The Bertz CT molecular complexity index is 276. The van der Waals surface area contributed by atoms with Crippen molar-refractivity contribution in [3.05, 3.63) is 25.3 Å². The topological polar surface area (TPSA) is 9.23 Å². The number of hydrogen-bond donors (Lipinski definition) is 0. The first-order valence-electron chi connectivity index (χ1n) is 3.31. The number of rotatable bonds is 3. The van der Waals surface area contributed by atoms with Crippen LogP contribution in [-0.4, -0.2) is 7.11 Å². The second-order valence-electron chi connectivity index (χ2n) is 2.22. The average Bonchev–Trinajstić information content (AvgIpc) is 2.36. The summed E-state index contributed by atoms with van der Waals surface area (Å²) in [7, 11) is 1.70. The molecule has 0 aliphatic heterocycles. The molecule has 0 radical (unpaired) electrons. The zero-order chi connectivity index (χ0) is 8.97. The molecule has 0 saturated carbocycles. The Labute approximate surface area is 92.7 Å². The van der Waals surface area contributed by atoms with Crippen molar-refractivity contribution in [3.8, 4) is 0 Å². The minimum atomic E-state index is 0.685. The zero-order valence-electron chi connectivity index (χ0n) is 6.51. The Morgan fingerprint density at radius 2 is 2.42 bits per heavy atom. The summed E-state index contributed by atoms with van der Waals surface area (Å²) < 4.78 is 5.97. The van der Waals surface area contributed by atoms with Crippen LogP contribution in [0.2, 0.25) is 0 Å². The van der Waals surface area contributed by atoms with Gasteiger partial charge in [0.2, 0.25) is 0 Å². The molecule has 0 unspecified atom stereocenters. The maximum absolute atomic E-state index is 5.01. The molecule has 1 aromatic heterocycles. The van der Waals surface area contributed by atoms with Crippen LogP contribution in [0.1, 0.15) is 10.4 Å². The lowest BCUT2D eigenvalue weighted by Gasteiger charge is -1.90. The van der Waals surface area contributed by atoms with Crippen molar-refractivity contribution < 1.29 is 4.74 Å². The van der Waals surface area contributed by atoms with Gasteiger partial charge in [0.05, 0.1) is 10.00 Å². The maximum atomic E-state index is 5.01. The van der Waals surface area contributed by atoms with E-state index in [1.807, 2.05) is 6.08 Å².